The summed E-state index contributed by atoms with van der Waals surface area (Å²) in [5, 5.41) is 11.3. The minimum Gasteiger partial charge on any atom is -0.474 e. The Morgan fingerprint density at radius 2 is 2.13 bits per heavy atom. The first-order valence-corrected chi connectivity index (χ1v) is 11.3. The third-order valence-corrected chi connectivity index (χ3v) is 5.97. The van der Waals surface area contributed by atoms with Gasteiger partial charge in [0.2, 0.25) is 12.5 Å². The topological polar surface area (TPSA) is 130 Å². The van der Waals surface area contributed by atoms with Crippen molar-refractivity contribution in [2.45, 2.75) is 11.0 Å². The number of aromatic nitrogens is 4. The molecule has 3 aromatic heterocycles. The Labute approximate surface area is 175 Å². The first kappa shape index (κ1) is 19.9. The van der Waals surface area contributed by atoms with Crippen LogP contribution in [-0.4, -0.2) is 48.2 Å². The third kappa shape index (κ3) is 4.14. The number of fused-ring (bicyclic) bond motifs is 1. The SMILES string of the molecule is CO/N=C/c1cc(C(Oc2ccc3ncsc3c2)c2nnco2)ncc1S(C)(=O)=O. The summed E-state index contributed by atoms with van der Waals surface area (Å²) < 4.78 is 36.6. The normalized spacial score (nSPS) is 13.0. The Morgan fingerprint density at radius 1 is 1.27 bits per heavy atom. The van der Waals surface area contributed by atoms with Gasteiger partial charge in [-0.15, -0.1) is 21.5 Å². The molecule has 12 heteroatoms. The molecule has 0 saturated carbocycles. The monoisotopic (exact) mass is 445 g/mol. The molecule has 0 aliphatic rings. The van der Waals surface area contributed by atoms with Crippen molar-refractivity contribution >= 4 is 37.6 Å². The molecular weight excluding hydrogens is 430 g/mol. The van der Waals surface area contributed by atoms with Gasteiger partial charge in [-0.1, -0.05) is 5.16 Å². The van der Waals surface area contributed by atoms with E-state index in [4.69, 9.17) is 14.0 Å². The molecule has 0 saturated heterocycles. The Balaban J connectivity index is 1.78. The average molecular weight is 445 g/mol. The zero-order chi connectivity index (χ0) is 21.1. The van der Waals surface area contributed by atoms with Crippen molar-refractivity contribution < 1.29 is 22.4 Å². The summed E-state index contributed by atoms with van der Waals surface area (Å²) in [6.45, 7) is 0. The predicted octanol–water partition coefficient (Wildman–Crippen LogP) is 2.63. The van der Waals surface area contributed by atoms with Crippen molar-refractivity contribution in [3.8, 4) is 5.75 Å². The number of oxime groups is 1. The van der Waals surface area contributed by atoms with Crippen molar-refractivity contribution in [1.29, 1.82) is 0 Å². The van der Waals surface area contributed by atoms with Gasteiger partial charge in [0.25, 0.3) is 5.89 Å². The molecule has 1 atom stereocenters. The zero-order valence-electron chi connectivity index (χ0n) is 15.8. The van der Waals surface area contributed by atoms with Gasteiger partial charge < -0.3 is 14.0 Å². The summed E-state index contributed by atoms with van der Waals surface area (Å²) in [7, 11) is -2.18. The lowest BCUT2D eigenvalue weighted by Crippen LogP contribution is -2.14. The van der Waals surface area contributed by atoms with E-state index in [2.05, 4.69) is 25.3 Å². The van der Waals surface area contributed by atoms with Crippen LogP contribution < -0.4 is 4.74 Å². The quantitative estimate of drug-likeness (QED) is 0.311. The summed E-state index contributed by atoms with van der Waals surface area (Å²) in [5.41, 5.74) is 3.25. The maximum atomic E-state index is 12.1. The van der Waals surface area contributed by atoms with Crippen molar-refractivity contribution in [1.82, 2.24) is 20.2 Å². The lowest BCUT2D eigenvalue weighted by atomic mass is 10.1. The second kappa shape index (κ2) is 8.16. The van der Waals surface area contributed by atoms with Crippen LogP contribution in [0.25, 0.3) is 10.2 Å². The van der Waals surface area contributed by atoms with Gasteiger partial charge in [0.15, 0.2) is 9.84 Å². The van der Waals surface area contributed by atoms with Gasteiger partial charge in [0.1, 0.15) is 12.9 Å². The Hall–Kier alpha value is -3.38. The first-order valence-electron chi connectivity index (χ1n) is 8.48. The highest BCUT2D eigenvalue weighted by atomic mass is 32.2. The van der Waals surface area contributed by atoms with Crippen molar-refractivity contribution in [2.24, 2.45) is 5.16 Å². The zero-order valence-corrected chi connectivity index (χ0v) is 17.4. The van der Waals surface area contributed by atoms with Gasteiger partial charge in [-0.25, -0.2) is 13.4 Å². The number of sulfone groups is 1. The molecule has 0 fully saturated rings. The Morgan fingerprint density at radius 3 is 2.87 bits per heavy atom. The molecule has 1 aromatic carbocycles. The fourth-order valence-corrected chi connectivity index (χ4v) is 4.21. The molecule has 4 rings (SSSR count). The van der Waals surface area contributed by atoms with E-state index in [0.717, 1.165) is 16.5 Å². The third-order valence-electron chi connectivity index (χ3n) is 4.04. The molecule has 1 unspecified atom stereocenters. The molecule has 0 radical (unpaired) electrons. The van der Waals surface area contributed by atoms with Crippen LogP contribution in [0.5, 0.6) is 5.75 Å². The molecule has 0 aliphatic carbocycles. The molecule has 30 heavy (non-hydrogen) atoms. The average Bonchev–Trinajstić information content (AvgIpc) is 3.41. The minimum absolute atomic E-state index is 0.00223. The maximum absolute atomic E-state index is 12.1. The van der Waals surface area contributed by atoms with E-state index < -0.39 is 15.9 Å². The van der Waals surface area contributed by atoms with E-state index in [0.29, 0.717) is 11.4 Å². The van der Waals surface area contributed by atoms with E-state index in [9.17, 15) is 8.42 Å². The van der Waals surface area contributed by atoms with Gasteiger partial charge >= 0.3 is 0 Å². The highest BCUT2D eigenvalue weighted by Gasteiger charge is 2.25. The predicted molar refractivity (Wildman–Crippen MR) is 108 cm³/mol. The lowest BCUT2D eigenvalue weighted by Gasteiger charge is -2.16. The number of hydrogen-bond donors (Lipinski definition) is 0. The molecule has 3 heterocycles. The van der Waals surface area contributed by atoms with Gasteiger partial charge in [-0.3, -0.25) is 4.98 Å². The maximum Gasteiger partial charge on any atom is 0.263 e. The molecule has 154 valence electrons. The highest BCUT2D eigenvalue weighted by Crippen LogP contribution is 2.30. The van der Waals surface area contributed by atoms with Crippen LogP contribution >= 0.6 is 11.3 Å². The Kier molecular flexibility index (Phi) is 5.42. The fraction of sp³-hybridized carbons (Fsp3) is 0.167. The van der Waals surface area contributed by atoms with Crippen molar-refractivity contribution in [3.05, 3.63) is 59.5 Å². The van der Waals surface area contributed by atoms with E-state index in [1.807, 2.05) is 12.1 Å². The van der Waals surface area contributed by atoms with Crippen LogP contribution in [-0.2, 0) is 14.7 Å². The highest BCUT2D eigenvalue weighted by molar-refractivity contribution is 7.90. The summed E-state index contributed by atoms with van der Waals surface area (Å²) in [6.07, 6.45) is 3.91. The molecule has 0 N–H and O–H groups in total. The van der Waals surface area contributed by atoms with Gasteiger partial charge in [0.05, 0.1) is 32.5 Å². The smallest absolute Gasteiger partial charge is 0.263 e. The minimum atomic E-state index is -3.54. The van der Waals surface area contributed by atoms with Crippen molar-refractivity contribution in [3.63, 3.8) is 0 Å². The molecule has 0 spiro atoms. The number of rotatable bonds is 7. The van der Waals surface area contributed by atoms with Crippen LogP contribution in [0.4, 0.5) is 0 Å². The van der Waals surface area contributed by atoms with Crippen LogP contribution in [0.15, 0.2) is 56.8 Å². The summed E-state index contributed by atoms with van der Waals surface area (Å²) in [4.78, 5) is 13.2. The number of nitrogens with zero attached hydrogens (tertiary/aromatic N) is 5. The number of thiazole rings is 1. The molecule has 10 nitrogen and oxygen atoms in total. The molecule has 4 aromatic rings. The number of hydrogen-bond acceptors (Lipinski definition) is 11. The Bertz CT molecular complexity index is 1300. The summed E-state index contributed by atoms with van der Waals surface area (Å²) >= 11 is 1.48. The van der Waals surface area contributed by atoms with Crippen molar-refractivity contribution in [2.75, 3.05) is 13.4 Å². The molecule has 0 bridgehead atoms. The summed E-state index contributed by atoms with van der Waals surface area (Å²) in [5.74, 6) is 0.699. The second-order valence-electron chi connectivity index (χ2n) is 6.09. The van der Waals surface area contributed by atoms with Crippen LogP contribution in [0, 0.1) is 0 Å². The van der Waals surface area contributed by atoms with E-state index >= 15 is 0 Å². The number of ether oxygens (including phenoxy) is 1. The molecule has 0 amide bonds. The van der Waals surface area contributed by atoms with Gasteiger partial charge in [0, 0.05) is 18.0 Å². The second-order valence-corrected chi connectivity index (χ2v) is 8.96. The van der Waals surface area contributed by atoms with E-state index in [1.165, 1.54) is 43.3 Å². The molecule has 0 aliphatic heterocycles. The standard InChI is InChI=1S/C18H15N5O5S2/c1-26-22-7-11-5-14(19-8-16(11)30(2,24)25)17(18-23-21-9-27-18)28-12-3-4-13-15(6-12)29-10-20-13/h3-10,17H,1-2H3/b22-7+. The first-order chi connectivity index (χ1) is 14.5. The fourth-order valence-electron chi connectivity index (χ4n) is 2.72. The number of benzene rings is 1. The molecular formula is C18H15N5O5S2. The van der Waals surface area contributed by atoms with Gasteiger partial charge in [-0.2, -0.15) is 0 Å². The number of pyridine rings is 1. The van der Waals surface area contributed by atoms with E-state index in [1.54, 1.807) is 11.6 Å². The summed E-state index contributed by atoms with van der Waals surface area (Å²) in [6, 6.07) is 6.97. The largest absolute Gasteiger partial charge is 0.474 e. The van der Waals surface area contributed by atoms with Crippen LogP contribution in [0.1, 0.15) is 23.3 Å². The van der Waals surface area contributed by atoms with Gasteiger partial charge in [-0.05, 0) is 24.3 Å². The lowest BCUT2D eigenvalue weighted by molar-refractivity contribution is 0.203. The van der Waals surface area contributed by atoms with Crippen LogP contribution in [0.2, 0.25) is 0 Å². The van der Waals surface area contributed by atoms with Crippen LogP contribution in [0.3, 0.4) is 0 Å². The van der Waals surface area contributed by atoms with E-state index in [-0.39, 0.29) is 16.3 Å².